The first-order chi connectivity index (χ1) is 14.7. The first-order valence-corrected chi connectivity index (χ1v) is 11.0. The highest BCUT2D eigenvalue weighted by atomic mass is 32.2. The van der Waals surface area contributed by atoms with Gasteiger partial charge in [0.2, 0.25) is 5.89 Å². The monoisotopic (exact) mass is 417 g/mol. The van der Waals surface area contributed by atoms with Crippen LogP contribution < -0.4 is 4.90 Å². The smallest absolute Gasteiger partial charge is 0.277 e. The number of hydrogen-bond acceptors (Lipinski definition) is 6. The normalized spacial score (nSPS) is 11.0. The maximum atomic E-state index is 12.6. The van der Waals surface area contributed by atoms with Gasteiger partial charge in [0, 0.05) is 29.9 Å². The van der Waals surface area contributed by atoms with Gasteiger partial charge >= 0.3 is 0 Å². The van der Waals surface area contributed by atoms with Crippen LogP contribution in [0.25, 0.3) is 22.2 Å². The van der Waals surface area contributed by atoms with Crippen LogP contribution in [0.1, 0.15) is 24.2 Å². The summed E-state index contributed by atoms with van der Waals surface area (Å²) in [5.74, 6) is 0.747. The Kier molecular flexibility index (Phi) is 6.14. The lowest BCUT2D eigenvalue weighted by Gasteiger charge is -2.20. The number of benzene rings is 3. The number of nitrogens with zero attached hydrogens (tertiary/aromatic N) is 3. The topological polar surface area (TPSA) is 59.2 Å². The first kappa shape index (κ1) is 20.2. The minimum Gasteiger partial charge on any atom is -0.411 e. The second-order valence-corrected chi connectivity index (χ2v) is 7.79. The zero-order valence-electron chi connectivity index (χ0n) is 17.0. The molecule has 30 heavy (non-hydrogen) atoms. The van der Waals surface area contributed by atoms with Crippen molar-refractivity contribution in [3.63, 3.8) is 0 Å². The third-order valence-corrected chi connectivity index (χ3v) is 5.87. The van der Waals surface area contributed by atoms with Gasteiger partial charge < -0.3 is 9.32 Å². The third-order valence-electron chi connectivity index (χ3n) is 5.05. The van der Waals surface area contributed by atoms with Crippen LogP contribution in [0.3, 0.4) is 0 Å². The minimum absolute atomic E-state index is 0.0362. The molecule has 0 atom stereocenters. The summed E-state index contributed by atoms with van der Waals surface area (Å²) in [5.41, 5.74) is 2.72. The van der Waals surface area contributed by atoms with Crippen molar-refractivity contribution >= 4 is 34.0 Å². The van der Waals surface area contributed by atoms with Gasteiger partial charge in [0.25, 0.3) is 5.22 Å². The highest BCUT2D eigenvalue weighted by molar-refractivity contribution is 7.99. The summed E-state index contributed by atoms with van der Waals surface area (Å²) in [5, 5.41) is 10.8. The van der Waals surface area contributed by atoms with E-state index in [1.807, 2.05) is 54.6 Å². The maximum absolute atomic E-state index is 12.6. The predicted molar refractivity (Wildman–Crippen MR) is 122 cm³/mol. The summed E-state index contributed by atoms with van der Waals surface area (Å²) in [6.07, 6.45) is 0. The predicted octanol–water partition coefficient (Wildman–Crippen LogP) is 5.71. The van der Waals surface area contributed by atoms with Crippen molar-refractivity contribution in [3.8, 4) is 11.5 Å². The van der Waals surface area contributed by atoms with Crippen LogP contribution >= 0.6 is 11.8 Å². The average molecular weight is 418 g/mol. The van der Waals surface area contributed by atoms with E-state index >= 15 is 0 Å². The first-order valence-electron chi connectivity index (χ1n) is 10.0. The number of anilines is 1. The largest absolute Gasteiger partial charge is 0.411 e. The molecule has 0 spiro atoms. The van der Waals surface area contributed by atoms with Crippen LogP contribution in [0, 0.1) is 0 Å². The Labute approximate surface area is 180 Å². The zero-order chi connectivity index (χ0) is 20.9. The molecule has 6 heteroatoms. The third kappa shape index (κ3) is 4.39. The van der Waals surface area contributed by atoms with Gasteiger partial charge in [0.15, 0.2) is 5.78 Å². The summed E-state index contributed by atoms with van der Waals surface area (Å²) in [4.78, 5) is 14.9. The number of rotatable bonds is 8. The molecular formula is C24H23N3O2S. The number of thioether (sulfide) groups is 1. The molecule has 0 aliphatic carbocycles. The number of hydrogen-bond donors (Lipinski definition) is 0. The van der Waals surface area contributed by atoms with Crippen molar-refractivity contribution < 1.29 is 9.21 Å². The van der Waals surface area contributed by atoms with E-state index in [-0.39, 0.29) is 11.5 Å². The van der Waals surface area contributed by atoms with Crippen LogP contribution in [0.2, 0.25) is 0 Å². The van der Waals surface area contributed by atoms with Crippen molar-refractivity contribution in [3.05, 3.63) is 72.3 Å². The fourth-order valence-electron chi connectivity index (χ4n) is 3.36. The van der Waals surface area contributed by atoms with E-state index in [0.717, 1.165) is 29.4 Å². The van der Waals surface area contributed by atoms with E-state index in [1.165, 1.54) is 17.4 Å². The molecule has 0 bridgehead atoms. The Morgan fingerprint density at radius 1 is 0.933 bits per heavy atom. The van der Waals surface area contributed by atoms with Gasteiger partial charge in [-0.15, -0.1) is 10.2 Å². The number of carbonyl (C=O) groups excluding carboxylic acids is 1. The van der Waals surface area contributed by atoms with Gasteiger partial charge in [-0.25, -0.2) is 0 Å². The SMILES string of the molecule is CCN(CC)c1ccc(-c2nnc(SCC(=O)c3ccc4ccccc4c3)o2)cc1. The number of aromatic nitrogens is 2. The summed E-state index contributed by atoms with van der Waals surface area (Å²) in [7, 11) is 0. The Morgan fingerprint density at radius 3 is 2.40 bits per heavy atom. The quantitative estimate of drug-likeness (QED) is 0.270. The van der Waals surface area contributed by atoms with Crippen molar-refractivity contribution in [1.29, 1.82) is 0 Å². The second kappa shape index (κ2) is 9.13. The van der Waals surface area contributed by atoms with Gasteiger partial charge in [-0.1, -0.05) is 48.2 Å². The van der Waals surface area contributed by atoms with Crippen molar-refractivity contribution in [2.75, 3.05) is 23.7 Å². The van der Waals surface area contributed by atoms with E-state index in [9.17, 15) is 4.79 Å². The van der Waals surface area contributed by atoms with Crippen LogP contribution in [-0.4, -0.2) is 34.8 Å². The van der Waals surface area contributed by atoms with E-state index in [2.05, 4.69) is 41.1 Å². The number of ketones is 1. The summed E-state index contributed by atoms with van der Waals surface area (Å²) in [6, 6.07) is 21.8. The Hall–Kier alpha value is -3.12. The lowest BCUT2D eigenvalue weighted by molar-refractivity contribution is 0.102. The molecule has 0 saturated carbocycles. The molecule has 0 aliphatic rings. The number of Topliss-reactive ketones (excluding diaryl/α,β-unsaturated/α-hetero) is 1. The lowest BCUT2D eigenvalue weighted by Crippen LogP contribution is -2.21. The van der Waals surface area contributed by atoms with E-state index in [1.54, 1.807) is 0 Å². The molecule has 5 nitrogen and oxygen atoms in total. The van der Waals surface area contributed by atoms with Gasteiger partial charge in [-0.3, -0.25) is 4.79 Å². The van der Waals surface area contributed by atoms with Gasteiger partial charge in [0.1, 0.15) is 0 Å². The van der Waals surface area contributed by atoms with E-state index in [4.69, 9.17) is 4.42 Å². The minimum atomic E-state index is 0.0362. The van der Waals surface area contributed by atoms with Crippen LogP contribution in [0.5, 0.6) is 0 Å². The fraction of sp³-hybridized carbons (Fsp3) is 0.208. The molecule has 3 aromatic carbocycles. The van der Waals surface area contributed by atoms with Gasteiger partial charge in [-0.05, 0) is 55.0 Å². The maximum Gasteiger partial charge on any atom is 0.277 e. The molecule has 4 rings (SSSR count). The zero-order valence-corrected chi connectivity index (χ0v) is 17.9. The standard InChI is InChI=1S/C24H23N3O2S/c1-3-27(4-2)21-13-11-18(12-14-21)23-25-26-24(29-23)30-16-22(28)20-10-9-17-7-5-6-8-19(17)15-20/h5-15H,3-4,16H2,1-2H3. The number of fused-ring (bicyclic) bond motifs is 1. The van der Waals surface area contributed by atoms with Crippen molar-refractivity contribution in [1.82, 2.24) is 10.2 Å². The molecule has 0 aliphatic heterocycles. The molecule has 4 aromatic rings. The Bertz CT molecular complexity index is 1150. The summed E-state index contributed by atoms with van der Waals surface area (Å²) < 4.78 is 5.75. The van der Waals surface area contributed by atoms with E-state index < -0.39 is 0 Å². The van der Waals surface area contributed by atoms with Crippen LogP contribution in [0.15, 0.2) is 76.4 Å². The molecule has 0 amide bonds. The highest BCUT2D eigenvalue weighted by Crippen LogP contribution is 2.26. The summed E-state index contributed by atoms with van der Waals surface area (Å²) in [6.45, 7) is 6.20. The second-order valence-electron chi connectivity index (χ2n) is 6.87. The highest BCUT2D eigenvalue weighted by Gasteiger charge is 2.13. The molecule has 0 fully saturated rings. The molecular weight excluding hydrogens is 394 g/mol. The Morgan fingerprint density at radius 2 is 1.67 bits per heavy atom. The molecule has 152 valence electrons. The molecule has 0 N–H and O–H groups in total. The fourth-order valence-corrected chi connectivity index (χ4v) is 4.02. The van der Waals surface area contributed by atoms with Gasteiger partial charge in [-0.2, -0.15) is 0 Å². The van der Waals surface area contributed by atoms with Crippen molar-refractivity contribution in [2.24, 2.45) is 0 Å². The van der Waals surface area contributed by atoms with Gasteiger partial charge in [0.05, 0.1) is 5.75 Å². The van der Waals surface area contributed by atoms with E-state index in [0.29, 0.717) is 16.7 Å². The number of carbonyl (C=O) groups is 1. The molecule has 1 heterocycles. The molecule has 0 unspecified atom stereocenters. The van der Waals surface area contributed by atoms with Crippen LogP contribution in [0.4, 0.5) is 5.69 Å². The Balaban J connectivity index is 1.41. The van der Waals surface area contributed by atoms with Crippen LogP contribution in [-0.2, 0) is 0 Å². The average Bonchev–Trinajstić information content (AvgIpc) is 3.27. The lowest BCUT2D eigenvalue weighted by atomic mass is 10.1. The summed E-state index contributed by atoms with van der Waals surface area (Å²) >= 11 is 1.26. The molecule has 0 radical (unpaired) electrons. The molecule has 1 aromatic heterocycles. The van der Waals surface area contributed by atoms with Crippen molar-refractivity contribution in [2.45, 2.75) is 19.1 Å². The molecule has 0 saturated heterocycles.